The highest BCUT2D eigenvalue weighted by atomic mass is 19.1. The molecule has 0 atom stereocenters. The molecule has 37 heavy (non-hydrogen) atoms. The van der Waals surface area contributed by atoms with Crippen molar-refractivity contribution in [3.63, 3.8) is 0 Å². The van der Waals surface area contributed by atoms with Crippen molar-refractivity contribution in [1.82, 2.24) is 25.2 Å². The predicted molar refractivity (Wildman–Crippen MR) is 136 cm³/mol. The molecule has 4 heterocycles. The fourth-order valence-corrected chi connectivity index (χ4v) is 4.85. The van der Waals surface area contributed by atoms with Gasteiger partial charge in [0.2, 0.25) is 0 Å². The van der Waals surface area contributed by atoms with Crippen LogP contribution in [0.15, 0.2) is 24.5 Å². The molecule has 3 amide bonds. The van der Waals surface area contributed by atoms with Crippen molar-refractivity contribution in [2.45, 2.75) is 20.4 Å². The van der Waals surface area contributed by atoms with Gasteiger partial charge in [-0.05, 0) is 32.0 Å². The van der Waals surface area contributed by atoms with Gasteiger partial charge in [0.05, 0.1) is 34.0 Å². The Morgan fingerprint density at radius 1 is 1.24 bits per heavy atom. The number of aromatic nitrogens is 3. The van der Waals surface area contributed by atoms with Crippen molar-refractivity contribution in [2.75, 3.05) is 54.4 Å². The Kier molecular flexibility index (Phi) is 6.54. The molecule has 2 aliphatic rings. The van der Waals surface area contributed by atoms with E-state index in [1.54, 1.807) is 12.1 Å². The summed E-state index contributed by atoms with van der Waals surface area (Å²) in [6, 6.07) is 6.73. The molecular weight excluding hydrogens is 477 g/mol. The van der Waals surface area contributed by atoms with Gasteiger partial charge < -0.3 is 15.5 Å². The molecule has 0 unspecified atom stereocenters. The Hall–Kier alpha value is -4.37. The zero-order chi connectivity index (χ0) is 26.1. The molecule has 12 heteroatoms. The van der Waals surface area contributed by atoms with Crippen LogP contribution in [0.2, 0.25) is 0 Å². The first-order valence-corrected chi connectivity index (χ1v) is 12.1. The Balaban J connectivity index is 1.30. The maximum atomic E-state index is 15.6. The number of anilines is 3. The summed E-state index contributed by atoms with van der Waals surface area (Å²) in [6.07, 6.45) is 1.40. The van der Waals surface area contributed by atoms with Gasteiger partial charge in [0.1, 0.15) is 24.4 Å². The molecule has 3 aromatic rings. The first-order valence-electron chi connectivity index (χ1n) is 12.1. The zero-order valence-corrected chi connectivity index (χ0v) is 20.6. The van der Waals surface area contributed by atoms with Gasteiger partial charge in [-0.15, -0.1) is 0 Å². The molecule has 0 radical (unpaired) electrons. The minimum absolute atomic E-state index is 0.0692. The number of carbonyl (C=O) groups excluding carboxylic acids is 2. The molecule has 2 aromatic heterocycles. The summed E-state index contributed by atoms with van der Waals surface area (Å²) >= 11 is 0. The van der Waals surface area contributed by atoms with Gasteiger partial charge in [0, 0.05) is 44.8 Å². The maximum absolute atomic E-state index is 15.6. The lowest BCUT2D eigenvalue weighted by Crippen LogP contribution is -2.46. The Morgan fingerprint density at radius 2 is 2.03 bits per heavy atom. The minimum atomic E-state index is -0.458. The standard InChI is InChI=1S/C25H26FN9O2/c1-3-35-23-20-18(29-14-30-23)12-16(21(26)22(20)32-25(35)37)13-33-8-10-34(11-9-33)19-5-4-17(31-15(19)2)24(36)28-7-6-27/h4-5,12,14H,3,7-11,13H2,1-2H3,(H,28,36)(H,32,37). The first kappa shape index (κ1) is 24.3. The van der Waals surface area contributed by atoms with Gasteiger partial charge in [-0.1, -0.05) is 0 Å². The van der Waals surface area contributed by atoms with E-state index in [1.165, 1.54) is 11.2 Å². The van der Waals surface area contributed by atoms with Crippen LogP contribution in [0.3, 0.4) is 0 Å². The fourth-order valence-electron chi connectivity index (χ4n) is 4.85. The van der Waals surface area contributed by atoms with Gasteiger partial charge >= 0.3 is 6.03 Å². The number of nitrogens with zero attached hydrogens (tertiary/aromatic N) is 7. The molecule has 5 rings (SSSR count). The predicted octanol–water partition coefficient (Wildman–Crippen LogP) is 2.42. The highest BCUT2D eigenvalue weighted by Crippen LogP contribution is 2.38. The largest absolute Gasteiger partial charge is 0.368 e. The van der Waals surface area contributed by atoms with Crippen LogP contribution in [0.1, 0.15) is 28.7 Å². The van der Waals surface area contributed by atoms with Crippen LogP contribution in [-0.4, -0.2) is 71.1 Å². The van der Waals surface area contributed by atoms with Crippen LogP contribution in [0.5, 0.6) is 0 Å². The number of aryl methyl sites for hydroxylation is 1. The van der Waals surface area contributed by atoms with Crippen molar-refractivity contribution in [3.8, 4) is 6.07 Å². The first-order chi connectivity index (χ1) is 17.9. The lowest BCUT2D eigenvalue weighted by atomic mass is 10.1. The number of hydrogen-bond acceptors (Lipinski definition) is 8. The minimum Gasteiger partial charge on any atom is -0.368 e. The van der Waals surface area contributed by atoms with E-state index in [4.69, 9.17) is 5.26 Å². The van der Waals surface area contributed by atoms with Crippen LogP contribution in [-0.2, 0) is 6.54 Å². The summed E-state index contributed by atoms with van der Waals surface area (Å²) in [4.78, 5) is 43.4. The van der Waals surface area contributed by atoms with Crippen molar-refractivity contribution < 1.29 is 14.0 Å². The third-order valence-corrected chi connectivity index (χ3v) is 6.69. The number of urea groups is 1. The normalized spacial score (nSPS) is 15.5. The average molecular weight is 504 g/mol. The van der Waals surface area contributed by atoms with E-state index in [1.807, 2.05) is 26.0 Å². The Morgan fingerprint density at radius 3 is 2.73 bits per heavy atom. The van der Waals surface area contributed by atoms with Gasteiger partial charge in [-0.25, -0.2) is 24.1 Å². The van der Waals surface area contributed by atoms with E-state index in [-0.39, 0.29) is 23.8 Å². The van der Waals surface area contributed by atoms with Crippen molar-refractivity contribution >= 4 is 40.0 Å². The quantitative estimate of drug-likeness (QED) is 0.491. The summed E-state index contributed by atoms with van der Waals surface area (Å²) in [7, 11) is 0. The molecule has 11 nitrogen and oxygen atoms in total. The third kappa shape index (κ3) is 4.49. The number of nitrogens with one attached hydrogen (secondary N) is 2. The molecule has 2 aliphatic heterocycles. The van der Waals surface area contributed by atoms with Crippen LogP contribution in [0, 0.1) is 24.1 Å². The van der Waals surface area contributed by atoms with Crippen LogP contribution in [0.4, 0.5) is 26.4 Å². The lowest BCUT2D eigenvalue weighted by molar-refractivity contribution is 0.0953. The fraction of sp³-hybridized carbons (Fsp3) is 0.360. The van der Waals surface area contributed by atoms with Gasteiger partial charge in [-0.3, -0.25) is 14.6 Å². The topological polar surface area (TPSA) is 130 Å². The van der Waals surface area contributed by atoms with Crippen molar-refractivity contribution in [3.05, 3.63) is 47.3 Å². The summed E-state index contributed by atoms with van der Waals surface area (Å²) in [5.41, 5.74) is 3.13. The van der Waals surface area contributed by atoms with E-state index in [0.29, 0.717) is 61.6 Å². The van der Waals surface area contributed by atoms with Gasteiger partial charge in [0.15, 0.2) is 5.82 Å². The molecule has 0 bridgehead atoms. The van der Waals surface area contributed by atoms with Crippen LogP contribution in [0.25, 0.3) is 10.9 Å². The zero-order valence-electron chi connectivity index (χ0n) is 20.6. The smallest absolute Gasteiger partial charge is 0.327 e. The number of carbonyl (C=O) groups is 2. The molecule has 190 valence electrons. The number of nitriles is 1. The highest BCUT2D eigenvalue weighted by molar-refractivity contribution is 6.17. The average Bonchev–Trinajstić information content (AvgIpc) is 2.90. The summed E-state index contributed by atoms with van der Waals surface area (Å²) in [5, 5.41) is 14.3. The van der Waals surface area contributed by atoms with Gasteiger partial charge in [0.25, 0.3) is 5.91 Å². The SMILES string of the molecule is CCN1C(=O)Nc2c(F)c(CN3CCN(c4ccc(C(=O)NCC#N)nc4C)CC3)cc3ncnc1c23. The summed E-state index contributed by atoms with van der Waals surface area (Å²) < 4.78 is 15.6. The number of halogens is 1. The second-order valence-corrected chi connectivity index (χ2v) is 8.90. The van der Waals surface area contributed by atoms with E-state index in [9.17, 15) is 9.59 Å². The molecule has 2 N–H and O–H groups in total. The van der Waals surface area contributed by atoms with Crippen molar-refractivity contribution in [1.29, 1.82) is 5.26 Å². The van der Waals surface area contributed by atoms with Gasteiger partial charge in [-0.2, -0.15) is 5.26 Å². The van der Waals surface area contributed by atoms with E-state index >= 15 is 4.39 Å². The summed E-state index contributed by atoms with van der Waals surface area (Å²) in [6.45, 7) is 7.22. The molecule has 1 saturated heterocycles. The second-order valence-electron chi connectivity index (χ2n) is 8.90. The van der Waals surface area contributed by atoms with Crippen LogP contribution >= 0.6 is 0 Å². The Labute approximate surface area is 212 Å². The molecule has 0 saturated carbocycles. The maximum Gasteiger partial charge on any atom is 0.327 e. The number of piperazine rings is 1. The summed E-state index contributed by atoms with van der Waals surface area (Å²) in [5.74, 6) is -0.420. The monoisotopic (exact) mass is 503 g/mol. The number of hydrogen-bond donors (Lipinski definition) is 2. The van der Waals surface area contributed by atoms with E-state index < -0.39 is 11.8 Å². The third-order valence-electron chi connectivity index (χ3n) is 6.69. The van der Waals surface area contributed by atoms with E-state index in [0.717, 1.165) is 11.4 Å². The second kappa shape index (κ2) is 9.94. The molecular formula is C25H26FN9O2. The number of benzene rings is 1. The molecule has 1 fully saturated rings. The highest BCUT2D eigenvalue weighted by Gasteiger charge is 2.30. The number of rotatable bonds is 6. The van der Waals surface area contributed by atoms with E-state index in [2.05, 4.69) is 35.4 Å². The number of amides is 3. The number of pyridine rings is 1. The molecule has 0 aliphatic carbocycles. The van der Waals surface area contributed by atoms with Crippen LogP contribution < -0.4 is 20.4 Å². The van der Waals surface area contributed by atoms with Crippen molar-refractivity contribution in [2.24, 2.45) is 0 Å². The Bertz CT molecular complexity index is 1430. The molecule has 0 spiro atoms. The molecule has 1 aromatic carbocycles. The lowest BCUT2D eigenvalue weighted by Gasteiger charge is -2.37.